The highest BCUT2D eigenvalue weighted by atomic mass is 127. The fraction of sp³-hybridized carbons (Fsp3) is 0.846. The number of alkyl halides is 1. The largest absolute Gasteiger partial charge is 0.0885 e. The Bertz CT molecular complexity index is 118. The maximum atomic E-state index is 2.42. The van der Waals surface area contributed by atoms with Gasteiger partial charge in [0.15, 0.2) is 0 Å². The molecule has 0 saturated carbocycles. The lowest BCUT2D eigenvalue weighted by Gasteiger charge is -1.98. The van der Waals surface area contributed by atoms with Crippen LogP contribution in [0, 0.1) is 0 Å². The third-order valence-corrected chi connectivity index (χ3v) is 3.04. The molecule has 1 heteroatoms. The summed E-state index contributed by atoms with van der Waals surface area (Å²) < 4.78 is 1.26. The van der Waals surface area contributed by atoms with Crippen molar-refractivity contribution in [1.82, 2.24) is 0 Å². The molecule has 0 aliphatic heterocycles. The summed E-state index contributed by atoms with van der Waals surface area (Å²) in [4.78, 5) is 0. The van der Waals surface area contributed by atoms with E-state index in [4.69, 9.17) is 0 Å². The van der Waals surface area contributed by atoms with Crippen molar-refractivity contribution >= 4 is 22.6 Å². The first kappa shape index (κ1) is 14.5. The first-order valence-corrected chi connectivity index (χ1v) is 7.65. The van der Waals surface area contributed by atoms with E-state index < -0.39 is 0 Å². The number of hydrogen-bond acceptors (Lipinski definition) is 0. The van der Waals surface area contributed by atoms with Crippen LogP contribution in [0.25, 0.3) is 0 Å². The van der Waals surface area contributed by atoms with Crippen LogP contribution < -0.4 is 0 Å². The van der Waals surface area contributed by atoms with Crippen LogP contribution in [-0.4, -0.2) is 4.43 Å². The first-order chi connectivity index (χ1) is 6.91. The van der Waals surface area contributed by atoms with Crippen LogP contribution in [0.4, 0.5) is 0 Å². The molecule has 14 heavy (non-hydrogen) atoms. The van der Waals surface area contributed by atoms with Crippen LogP contribution in [0.1, 0.15) is 64.7 Å². The van der Waals surface area contributed by atoms with E-state index in [0.29, 0.717) is 0 Å². The van der Waals surface area contributed by atoms with Crippen molar-refractivity contribution in [3.63, 3.8) is 0 Å². The molecule has 0 aliphatic carbocycles. The van der Waals surface area contributed by atoms with Gasteiger partial charge in [0, 0.05) is 4.43 Å². The summed E-state index contributed by atoms with van der Waals surface area (Å²) in [6.45, 7) is 2.28. The smallest absolute Gasteiger partial charge is 0.00299 e. The minimum Gasteiger partial charge on any atom is -0.0885 e. The maximum absolute atomic E-state index is 2.42. The molecule has 0 spiro atoms. The predicted octanol–water partition coefficient (Wildman–Crippen LogP) is 5.51. The second kappa shape index (κ2) is 13.5. The summed E-state index contributed by atoms with van der Waals surface area (Å²) in [6, 6.07) is 0. The van der Waals surface area contributed by atoms with Crippen molar-refractivity contribution in [2.75, 3.05) is 4.43 Å². The van der Waals surface area contributed by atoms with Gasteiger partial charge in [-0.05, 0) is 19.3 Å². The molecule has 0 rings (SSSR count). The highest BCUT2D eigenvalue weighted by molar-refractivity contribution is 14.1. The third kappa shape index (κ3) is 12.5. The second-order valence-corrected chi connectivity index (χ2v) is 4.94. The molecular weight excluding hydrogens is 283 g/mol. The van der Waals surface area contributed by atoms with Gasteiger partial charge < -0.3 is 0 Å². The summed E-state index contributed by atoms with van der Waals surface area (Å²) in [5.41, 5.74) is 0. The SMILES string of the molecule is CCCCCCCCC/C=C/CCI. The summed E-state index contributed by atoms with van der Waals surface area (Å²) >= 11 is 2.42. The Kier molecular flexibility index (Phi) is 13.9. The van der Waals surface area contributed by atoms with Gasteiger partial charge in [-0.25, -0.2) is 0 Å². The molecule has 0 saturated heterocycles. The van der Waals surface area contributed by atoms with Crippen molar-refractivity contribution in [3.8, 4) is 0 Å². The zero-order chi connectivity index (χ0) is 10.5. The minimum absolute atomic E-state index is 1.25. The molecule has 0 atom stereocenters. The average molecular weight is 308 g/mol. The highest BCUT2D eigenvalue weighted by Crippen LogP contribution is 2.08. The molecule has 0 nitrogen and oxygen atoms in total. The molecule has 84 valence electrons. The lowest BCUT2D eigenvalue weighted by molar-refractivity contribution is 0.592. The molecule has 0 heterocycles. The quantitative estimate of drug-likeness (QED) is 0.216. The molecule has 0 bridgehead atoms. The van der Waals surface area contributed by atoms with Crippen molar-refractivity contribution in [3.05, 3.63) is 12.2 Å². The summed E-state index contributed by atoms with van der Waals surface area (Å²) in [6.07, 6.45) is 17.2. The van der Waals surface area contributed by atoms with Crippen LogP contribution in [0.5, 0.6) is 0 Å². The normalized spacial score (nSPS) is 11.3. The molecule has 0 aliphatic rings. The number of hydrogen-bond donors (Lipinski definition) is 0. The van der Waals surface area contributed by atoms with E-state index >= 15 is 0 Å². The molecule has 0 aromatic carbocycles. The fourth-order valence-electron chi connectivity index (χ4n) is 1.52. The summed E-state index contributed by atoms with van der Waals surface area (Å²) in [7, 11) is 0. The van der Waals surface area contributed by atoms with Crippen molar-refractivity contribution < 1.29 is 0 Å². The first-order valence-electron chi connectivity index (χ1n) is 6.12. The van der Waals surface area contributed by atoms with Gasteiger partial charge >= 0.3 is 0 Å². The van der Waals surface area contributed by atoms with E-state index in [0.717, 1.165) is 0 Å². The van der Waals surface area contributed by atoms with Gasteiger partial charge in [-0.3, -0.25) is 0 Å². The Morgan fingerprint density at radius 1 is 0.786 bits per heavy atom. The van der Waals surface area contributed by atoms with E-state index in [2.05, 4.69) is 41.7 Å². The van der Waals surface area contributed by atoms with Crippen LogP contribution in [-0.2, 0) is 0 Å². The molecule has 0 radical (unpaired) electrons. The number of unbranched alkanes of at least 4 members (excludes halogenated alkanes) is 7. The van der Waals surface area contributed by atoms with E-state index in [1.54, 1.807) is 0 Å². The molecule has 0 unspecified atom stereocenters. The van der Waals surface area contributed by atoms with E-state index in [1.807, 2.05) is 0 Å². The van der Waals surface area contributed by atoms with Crippen molar-refractivity contribution in [2.45, 2.75) is 64.7 Å². The maximum Gasteiger partial charge on any atom is 0.00299 e. The number of rotatable bonds is 10. The van der Waals surface area contributed by atoms with Crippen LogP contribution in [0.15, 0.2) is 12.2 Å². The molecule has 0 aromatic rings. The molecule has 0 fully saturated rings. The Labute approximate surface area is 104 Å². The summed E-state index contributed by atoms with van der Waals surface area (Å²) in [5, 5.41) is 0. The average Bonchev–Trinajstić information content (AvgIpc) is 2.21. The zero-order valence-corrected chi connectivity index (χ0v) is 11.8. The van der Waals surface area contributed by atoms with Gasteiger partial charge in [-0.15, -0.1) is 0 Å². The van der Waals surface area contributed by atoms with E-state index in [-0.39, 0.29) is 0 Å². The summed E-state index contributed by atoms with van der Waals surface area (Å²) in [5.74, 6) is 0. The molecular formula is C13H25I. The Balaban J connectivity index is 2.91. The Hall–Kier alpha value is 0.470. The van der Waals surface area contributed by atoms with Gasteiger partial charge in [0.05, 0.1) is 0 Å². The topological polar surface area (TPSA) is 0 Å². The van der Waals surface area contributed by atoms with Crippen LogP contribution >= 0.6 is 22.6 Å². The lowest BCUT2D eigenvalue weighted by atomic mass is 10.1. The van der Waals surface area contributed by atoms with Crippen molar-refractivity contribution in [2.24, 2.45) is 0 Å². The lowest BCUT2D eigenvalue weighted by Crippen LogP contribution is -1.79. The Morgan fingerprint density at radius 2 is 1.36 bits per heavy atom. The van der Waals surface area contributed by atoms with E-state index in [1.165, 1.54) is 62.2 Å². The van der Waals surface area contributed by atoms with Crippen LogP contribution in [0.3, 0.4) is 0 Å². The van der Waals surface area contributed by atoms with Gasteiger partial charge in [0.25, 0.3) is 0 Å². The van der Waals surface area contributed by atoms with Crippen LogP contribution in [0.2, 0.25) is 0 Å². The van der Waals surface area contributed by atoms with Crippen molar-refractivity contribution in [1.29, 1.82) is 0 Å². The molecule has 0 N–H and O–H groups in total. The Morgan fingerprint density at radius 3 is 2.00 bits per heavy atom. The number of allylic oxidation sites excluding steroid dienone is 2. The third-order valence-electron chi connectivity index (χ3n) is 2.42. The standard InChI is InChI=1S/C13H25I/c1-2-3-4-5-6-7-8-9-10-11-12-13-14/h10-11H,2-9,12-13H2,1H3/b11-10+. The minimum atomic E-state index is 1.25. The molecule has 0 amide bonds. The molecule has 0 aromatic heterocycles. The van der Waals surface area contributed by atoms with Gasteiger partial charge in [-0.1, -0.05) is 80.2 Å². The monoisotopic (exact) mass is 308 g/mol. The second-order valence-electron chi connectivity index (χ2n) is 3.86. The van der Waals surface area contributed by atoms with Gasteiger partial charge in [0.2, 0.25) is 0 Å². The fourth-order valence-corrected chi connectivity index (χ4v) is 1.88. The highest BCUT2D eigenvalue weighted by Gasteiger charge is 1.88. The van der Waals surface area contributed by atoms with E-state index in [9.17, 15) is 0 Å². The zero-order valence-electron chi connectivity index (χ0n) is 9.60. The van der Waals surface area contributed by atoms with Gasteiger partial charge in [-0.2, -0.15) is 0 Å². The van der Waals surface area contributed by atoms with Gasteiger partial charge in [0.1, 0.15) is 0 Å². The number of halogens is 1. The predicted molar refractivity (Wildman–Crippen MR) is 75.3 cm³/mol.